The number of aromatic nitrogens is 2. The predicted octanol–water partition coefficient (Wildman–Crippen LogP) is 10.3. The summed E-state index contributed by atoms with van der Waals surface area (Å²) in [6.45, 7) is 0. The van der Waals surface area contributed by atoms with Gasteiger partial charge < -0.3 is 4.74 Å². The maximum Gasteiger partial charge on any atom is 0.195 e. The molecule has 0 unspecified atom stereocenters. The van der Waals surface area contributed by atoms with Gasteiger partial charge >= 0.3 is 0 Å². The quantitative estimate of drug-likeness (QED) is 0.220. The second-order valence-corrected chi connectivity index (χ2v) is 10.9. The summed E-state index contributed by atoms with van der Waals surface area (Å²) in [5.74, 6) is 1.60. The van der Waals surface area contributed by atoms with Gasteiger partial charge in [0.1, 0.15) is 0 Å². The summed E-state index contributed by atoms with van der Waals surface area (Å²) < 4.78 is 7.50. The third-order valence-corrected chi connectivity index (χ3v) is 8.40. The molecule has 3 heterocycles. The monoisotopic (exact) mass is 545 g/mol. The highest BCUT2D eigenvalue weighted by Gasteiger charge is 2.28. The van der Waals surface area contributed by atoms with Gasteiger partial charge in [-0.05, 0) is 76.9 Å². The van der Waals surface area contributed by atoms with Crippen LogP contribution in [0, 0.1) is 0 Å². The molecule has 2 aromatic heterocycles. The lowest BCUT2D eigenvalue weighted by Crippen LogP contribution is -2.15. The first-order valence-corrected chi connectivity index (χ1v) is 14.3. The summed E-state index contributed by atoms with van der Waals surface area (Å²) in [6.07, 6.45) is 1.88. The fraction of sp³-hybridized carbons (Fsp3) is 0. The number of rotatable bonds is 4. The van der Waals surface area contributed by atoms with E-state index < -0.39 is 0 Å². The number of benzene rings is 5. The molecule has 4 nitrogen and oxygen atoms in total. The van der Waals surface area contributed by atoms with Crippen molar-refractivity contribution >= 4 is 38.1 Å². The van der Waals surface area contributed by atoms with Crippen molar-refractivity contribution in [3.05, 3.63) is 140 Å². The van der Waals surface area contributed by atoms with E-state index in [2.05, 4.69) is 102 Å². The van der Waals surface area contributed by atoms with E-state index in [1.54, 1.807) is 11.3 Å². The van der Waals surface area contributed by atoms with E-state index in [-0.39, 0.29) is 0 Å². The normalized spacial score (nSPS) is 12.0. The highest BCUT2D eigenvalue weighted by atomic mass is 32.1. The van der Waals surface area contributed by atoms with Crippen molar-refractivity contribution < 1.29 is 4.74 Å². The Morgan fingerprint density at radius 2 is 1.22 bits per heavy atom. The average molecular weight is 546 g/mol. The van der Waals surface area contributed by atoms with Crippen molar-refractivity contribution in [3.63, 3.8) is 0 Å². The molecule has 0 spiro atoms. The van der Waals surface area contributed by atoms with Crippen LogP contribution in [0.5, 0.6) is 11.5 Å². The van der Waals surface area contributed by atoms with Crippen LogP contribution < -0.4 is 9.64 Å². The van der Waals surface area contributed by atoms with Gasteiger partial charge in [-0.2, -0.15) is 0 Å². The number of fused-ring (bicyclic) bond motifs is 3. The number of anilines is 3. The summed E-state index contributed by atoms with van der Waals surface area (Å²) in [7, 11) is 0. The number of hydrogen-bond acceptors (Lipinski definition) is 5. The lowest BCUT2D eigenvalue weighted by atomic mass is 9.99. The van der Waals surface area contributed by atoms with Gasteiger partial charge in [-0.15, -0.1) is 0 Å². The van der Waals surface area contributed by atoms with Gasteiger partial charge in [0, 0.05) is 11.8 Å². The zero-order valence-corrected chi connectivity index (χ0v) is 22.8. The van der Waals surface area contributed by atoms with Gasteiger partial charge in [0.25, 0.3) is 0 Å². The van der Waals surface area contributed by atoms with E-state index in [0.29, 0.717) is 0 Å². The number of ether oxygens (including phenoxy) is 1. The summed E-state index contributed by atoms with van der Waals surface area (Å²) in [4.78, 5) is 11.9. The van der Waals surface area contributed by atoms with Crippen LogP contribution in [0.15, 0.2) is 140 Å². The molecule has 5 heteroatoms. The molecule has 0 N–H and O–H groups in total. The molecule has 0 saturated heterocycles. The Balaban J connectivity index is 1.19. The Hall–Kier alpha value is -5.26. The molecular formula is C36H23N3OS. The molecule has 0 atom stereocenters. The Morgan fingerprint density at radius 1 is 0.537 bits per heavy atom. The molecule has 0 radical (unpaired) electrons. The van der Waals surface area contributed by atoms with E-state index in [4.69, 9.17) is 14.7 Å². The maximum atomic E-state index is 6.35. The summed E-state index contributed by atoms with van der Waals surface area (Å²) >= 11 is 1.68. The lowest BCUT2D eigenvalue weighted by Gasteiger charge is -2.31. The molecule has 0 amide bonds. The minimum absolute atomic E-state index is 0.791. The molecule has 194 valence electrons. The van der Waals surface area contributed by atoms with Crippen molar-refractivity contribution in [2.75, 3.05) is 4.90 Å². The molecule has 8 rings (SSSR count). The van der Waals surface area contributed by atoms with Crippen LogP contribution in [0.3, 0.4) is 0 Å². The summed E-state index contributed by atoms with van der Waals surface area (Å²) in [6, 6.07) is 46.0. The van der Waals surface area contributed by atoms with E-state index in [0.717, 1.165) is 60.6 Å². The minimum atomic E-state index is 0.791. The van der Waals surface area contributed by atoms with Gasteiger partial charge in [0.05, 0.1) is 27.3 Å². The number of pyridine rings is 1. The molecule has 0 saturated carbocycles. The first kappa shape index (κ1) is 23.6. The highest BCUT2D eigenvalue weighted by Crippen LogP contribution is 2.52. The van der Waals surface area contributed by atoms with Crippen molar-refractivity contribution in [1.29, 1.82) is 0 Å². The van der Waals surface area contributed by atoms with Gasteiger partial charge in [-0.3, -0.25) is 9.88 Å². The minimum Gasteiger partial charge on any atom is -0.453 e. The highest BCUT2D eigenvalue weighted by molar-refractivity contribution is 7.22. The van der Waals surface area contributed by atoms with Crippen molar-refractivity contribution in [1.82, 2.24) is 9.97 Å². The van der Waals surface area contributed by atoms with Crippen LogP contribution in [-0.2, 0) is 0 Å². The summed E-state index contributed by atoms with van der Waals surface area (Å²) in [5, 5.41) is 0.903. The molecule has 0 fully saturated rings. The van der Waals surface area contributed by atoms with E-state index in [1.165, 1.54) is 11.1 Å². The third kappa shape index (κ3) is 4.24. The second kappa shape index (κ2) is 9.73. The van der Waals surface area contributed by atoms with Gasteiger partial charge in [-0.1, -0.05) is 90.2 Å². The number of para-hydroxylation sites is 3. The number of thiazole rings is 1. The molecule has 0 aliphatic carbocycles. The molecule has 7 aromatic rings. The smallest absolute Gasteiger partial charge is 0.195 e. The number of nitrogens with zero attached hydrogens (tertiary/aromatic N) is 3. The fourth-order valence-corrected chi connectivity index (χ4v) is 6.32. The van der Waals surface area contributed by atoms with Crippen LogP contribution in [0.2, 0.25) is 0 Å². The van der Waals surface area contributed by atoms with E-state index in [9.17, 15) is 0 Å². The van der Waals surface area contributed by atoms with Crippen LogP contribution in [-0.4, -0.2) is 9.97 Å². The number of hydrogen-bond donors (Lipinski definition) is 0. The Bertz CT molecular complexity index is 2000. The van der Waals surface area contributed by atoms with E-state index >= 15 is 0 Å². The fourth-order valence-electron chi connectivity index (χ4n) is 5.33. The molecule has 5 aromatic carbocycles. The Morgan fingerprint density at radius 3 is 2.07 bits per heavy atom. The first-order valence-electron chi connectivity index (χ1n) is 13.5. The predicted molar refractivity (Wildman–Crippen MR) is 168 cm³/mol. The van der Waals surface area contributed by atoms with Crippen LogP contribution >= 0.6 is 11.3 Å². The Kier molecular flexibility index (Phi) is 5.61. The third-order valence-electron chi connectivity index (χ3n) is 7.38. The molecule has 0 bridgehead atoms. The lowest BCUT2D eigenvalue weighted by molar-refractivity contribution is 0.477. The topological polar surface area (TPSA) is 38.2 Å². The Labute approximate surface area is 241 Å². The van der Waals surface area contributed by atoms with Crippen molar-refractivity contribution in [3.8, 4) is 45.0 Å². The van der Waals surface area contributed by atoms with Gasteiger partial charge in [0.2, 0.25) is 0 Å². The largest absolute Gasteiger partial charge is 0.453 e. The standard InChI is InChI=1S/C36H23N3OS/c1-2-8-24(9-3-1)25-14-16-26(17-15-25)27-20-21-37-30(22-27)28-18-19-34-32(23-28)39(31-11-5-6-12-33(31)40-34)36-38-29-10-4-7-13-35(29)41-36/h1-23H. The van der Waals surface area contributed by atoms with Crippen molar-refractivity contribution in [2.24, 2.45) is 0 Å². The maximum absolute atomic E-state index is 6.35. The van der Waals surface area contributed by atoms with Gasteiger partial charge in [0.15, 0.2) is 16.6 Å². The summed E-state index contributed by atoms with van der Waals surface area (Å²) in [5.41, 5.74) is 9.51. The van der Waals surface area contributed by atoms with Crippen LogP contribution in [0.25, 0.3) is 43.7 Å². The zero-order valence-electron chi connectivity index (χ0n) is 21.9. The average Bonchev–Trinajstić information content (AvgIpc) is 3.48. The SMILES string of the molecule is c1ccc(-c2ccc(-c3ccnc(-c4ccc5c(c4)N(c4nc6ccccc6s4)c4ccccc4O5)c3)cc2)cc1. The molecule has 41 heavy (non-hydrogen) atoms. The molecular weight excluding hydrogens is 522 g/mol. The van der Waals surface area contributed by atoms with E-state index in [1.807, 2.05) is 42.6 Å². The first-order chi connectivity index (χ1) is 20.3. The van der Waals surface area contributed by atoms with Crippen molar-refractivity contribution in [2.45, 2.75) is 0 Å². The molecule has 1 aliphatic rings. The second-order valence-electron chi connectivity index (χ2n) is 9.92. The zero-order chi connectivity index (χ0) is 27.2. The van der Waals surface area contributed by atoms with Crippen LogP contribution in [0.1, 0.15) is 0 Å². The van der Waals surface area contributed by atoms with Crippen LogP contribution in [0.4, 0.5) is 16.5 Å². The van der Waals surface area contributed by atoms with Gasteiger partial charge in [-0.25, -0.2) is 4.98 Å². The molecule has 1 aliphatic heterocycles.